The summed E-state index contributed by atoms with van der Waals surface area (Å²) in [6.45, 7) is 2.44. The predicted molar refractivity (Wildman–Crippen MR) is 99.9 cm³/mol. The zero-order chi connectivity index (χ0) is 18.7. The minimum Gasteiger partial charge on any atom is -0.494 e. The molecular weight excluding hydrogens is 330 g/mol. The van der Waals surface area contributed by atoms with E-state index >= 15 is 0 Å². The van der Waals surface area contributed by atoms with Gasteiger partial charge >= 0.3 is 5.97 Å². The van der Waals surface area contributed by atoms with Gasteiger partial charge in [-0.25, -0.2) is 0 Å². The number of aromatic nitrogens is 1. The number of para-hydroxylation sites is 1. The van der Waals surface area contributed by atoms with Crippen molar-refractivity contribution in [1.29, 1.82) is 0 Å². The number of ketones is 1. The fourth-order valence-electron chi connectivity index (χ4n) is 3.19. The predicted octanol–water partition coefficient (Wildman–Crippen LogP) is 4.02. The molecule has 1 aromatic heterocycles. The van der Waals surface area contributed by atoms with E-state index in [1.807, 2.05) is 42.8 Å². The van der Waals surface area contributed by atoms with Crippen molar-refractivity contribution in [2.75, 3.05) is 6.61 Å². The highest BCUT2D eigenvalue weighted by atomic mass is 16.5. The van der Waals surface area contributed by atoms with Crippen LogP contribution >= 0.6 is 0 Å². The van der Waals surface area contributed by atoms with Gasteiger partial charge in [0.05, 0.1) is 12.5 Å². The van der Waals surface area contributed by atoms with Crippen LogP contribution in [0.5, 0.6) is 5.75 Å². The largest absolute Gasteiger partial charge is 0.494 e. The number of ether oxygens (including phenoxy) is 1. The van der Waals surface area contributed by atoms with E-state index in [2.05, 4.69) is 0 Å². The second kappa shape index (κ2) is 7.44. The van der Waals surface area contributed by atoms with E-state index in [1.165, 1.54) is 0 Å². The van der Waals surface area contributed by atoms with Crippen LogP contribution in [0.3, 0.4) is 0 Å². The number of carboxylic acid groups (broad SMARTS) is 1. The highest BCUT2D eigenvalue weighted by Gasteiger charge is 2.27. The molecule has 2 aromatic carbocycles. The Balaban J connectivity index is 1.89. The lowest BCUT2D eigenvalue weighted by molar-refractivity contribution is -0.138. The van der Waals surface area contributed by atoms with E-state index in [9.17, 15) is 14.7 Å². The number of fused-ring (bicyclic) bond motifs is 1. The van der Waals surface area contributed by atoms with Gasteiger partial charge in [-0.05, 0) is 42.8 Å². The van der Waals surface area contributed by atoms with Gasteiger partial charge in [0.15, 0.2) is 5.78 Å². The molecule has 0 aliphatic heterocycles. The number of aryl methyl sites for hydroxylation is 1. The van der Waals surface area contributed by atoms with Gasteiger partial charge in [0.25, 0.3) is 0 Å². The molecule has 5 nitrogen and oxygen atoms in total. The molecule has 0 unspecified atom stereocenters. The number of benzene rings is 2. The fraction of sp³-hybridized carbons (Fsp3) is 0.238. The van der Waals surface area contributed by atoms with Crippen molar-refractivity contribution in [2.45, 2.75) is 19.3 Å². The van der Waals surface area contributed by atoms with E-state index in [-0.39, 0.29) is 12.2 Å². The smallest absolute Gasteiger partial charge is 0.311 e. The number of carboxylic acids is 1. The minimum atomic E-state index is -0.999. The third-order valence-electron chi connectivity index (χ3n) is 4.48. The van der Waals surface area contributed by atoms with Crippen molar-refractivity contribution in [1.82, 2.24) is 4.57 Å². The summed E-state index contributed by atoms with van der Waals surface area (Å²) in [7, 11) is 1.87. The van der Waals surface area contributed by atoms with Crippen molar-refractivity contribution < 1.29 is 19.4 Å². The lowest BCUT2D eigenvalue weighted by atomic mass is 9.91. The lowest BCUT2D eigenvalue weighted by Gasteiger charge is -2.11. The highest BCUT2D eigenvalue weighted by Crippen LogP contribution is 2.31. The number of Topliss-reactive ketones (excluding diaryl/α,β-unsaturated/α-hetero) is 1. The number of rotatable bonds is 7. The maximum atomic E-state index is 12.6. The Morgan fingerprint density at radius 3 is 2.46 bits per heavy atom. The Morgan fingerprint density at radius 2 is 1.81 bits per heavy atom. The fourth-order valence-corrected chi connectivity index (χ4v) is 3.19. The van der Waals surface area contributed by atoms with Gasteiger partial charge < -0.3 is 14.4 Å². The average Bonchev–Trinajstić information content (AvgIpc) is 2.97. The number of nitrogens with zero attached hydrogens (tertiary/aromatic N) is 1. The summed E-state index contributed by atoms with van der Waals surface area (Å²) in [6.07, 6.45) is 1.71. The molecular formula is C21H21NO4. The van der Waals surface area contributed by atoms with Crippen LogP contribution < -0.4 is 4.74 Å². The van der Waals surface area contributed by atoms with Crippen LogP contribution in [-0.2, 0) is 11.8 Å². The second-order valence-electron chi connectivity index (χ2n) is 6.19. The number of carbonyl (C=O) groups excluding carboxylic acids is 1. The molecule has 0 bridgehead atoms. The molecule has 134 valence electrons. The Morgan fingerprint density at radius 1 is 1.12 bits per heavy atom. The SMILES string of the molecule is CCOc1ccc(C(=O)C[C@@H](C(=O)O)c2cn(C)c3ccccc23)cc1. The third-order valence-corrected chi connectivity index (χ3v) is 4.48. The molecule has 5 heteroatoms. The summed E-state index contributed by atoms with van der Waals surface area (Å²) in [5.74, 6) is -1.40. The topological polar surface area (TPSA) is 68.5 Å². The van der Waals surface area contributed by atoms with E-state index in [0.29, 0.717) is 23.5 Å². The third kappa shape index (κ3) is 3.47. The zero-order valence-electron chi connectivity index (χ0n) is 14.8. The Labute approximate surface area is 151 Å². The molecule has 0 fully saturated rings. The molecule has 26 heavy (non-hydrogen) atoms. The average molecular weight is 351 g/mol. The Kier molecular flexibility index (Phi) is 5.07. The molecule has 0 radical (unpaired) electrons. The minimum absolute atomic E-state index is 0.0860. The molecule has 1 heterocycles. The molecule has 1 atom stereocenters. The maximum absolute atomic E-state index is 12.6. The van der Waals surface area contributed by atoms with Crippen LogP contribution in [0, 0.1) is 0 Å². The summed E-state index contributed by atoms with van der Waals surface area (Å²) in [6, 6.07) is 14.4. The standard InChI is InChI=1S/C21H21NO4/c1-3-26-15-10-8-14(9-11-15)20(23)12-17(21(24)25)18-13-22(2)19-7-5-4-6-16(18)19/h4-11,13,17H,3,12H2,1-2H3,(H,24,25)/t17-/m1/s1. The summed E-state index contributed by atoms with van der Waals surface area (Å²) in [5, 5.41) is 10.6. The highest BCUT2D eigenvalue weighted by molar-refractivity contribution is 6.00. The van der Waals surface area contributed by atoms with Crippen molar-refractivity contribution in [3.8, 4) is 5.75 Å². The molecule has 0 saturated carbocycles. The van der Waals surface area contributed by atoms with E-state index < -0.39 is 11.9 Å². The van der Waals surface area contributed by atoms with Crippen molar-refractivity contribution >= 4 is 22.7 Å². The molecule has 1 N–H and O–H groups in total. The maximum Gasteiger partial charge on any atom is 0.311 e. The van der Waals surface area contributed by atoms with Crippen LogP contribution in [0.15, 0.2) is 54.7 Å². The summed E-state index contributed by atoms with van der Waals surface area (Å²) in [5.41, 5.74) is 2.09. The lowest BCUT2D eigenvalue weighted by Crippen LogP contribution is -2.16. The number of hydrogen-bond donors (Lipinski definition) is 1. The quantitative estimate of drug-likeness (QED) is 0.653. The van der Waals surface area contributed by atoms with Crippen molar-refractivity contribution in [3.63, 3.8) is 0 Å². The summed E-state index contributed by atoms with van der Waals surface area (Å²) in [4.78, 5) is 24.5. The van der Waals surface area contributed by atoms with Crippen LogP contribution in [-0.4, -0.2) is 28.0 Å². The molecule has 0 spiro atoms. The van der Waals surface area contributed by atoms with Crippen LogP contribution in [0.1, 0.15) is 35.2 Å². The molecule has 0 aliphatic carbocycles. The van der Waals surface area contributed by atoms with Gasteiger partial charge in [0.2, 0.25) is 0 Å². The van der Waals surface area contributed by atoms with Gasteiger partial charge in [0, 0.05) is 36.1 Å². The molecule has 3 aromatic rings. The van der Waals surface area contributed by atoms with Gasteiger partial charge in [0.1, 0.15) is 5.75 Å². The molecule has 0 amide bonds. The van der Waals surface area contributed by atoms with E-state index in [0.717, 1.165) is 10.9 Å². The Hall–Kier alpha value is -3.08. The monoisotopic (exact) mass is 351 g/mol. The number of aliphatic carboxylic acids is 1. The first-order valence-corrected chi connectivity index (χ1v) is 8.54. The van der Waals surface area contributed by atoms with Gasteiger partial charge in [-0.1, -0.05) is 18.2 Å². The summed E-state index contributed by atoms with van der Waals surface area (Å²) < 4.78 is 7.26. The molecule has 3 rings (SSSR count). The molecule has 0 aliphatic rings. The second-order valence-corrected chi connectivity index (χ2v) is 6.19. The first kappa shape index (κ1) is 17.7. The first-order chi connectivity index (χ1) is 12.5. The van der Waals surface area contributed by atoms with Crippen molar-refractivity contribution in [2.24, 2.45) is 7.05 Å². The normalized spacial score (nSPS) is 12.1. The summed E-state index contributed by atoms with van der Waals surface area (Å²) >= 11 is 0. The Bertz CT molecular complexity index is 940. The zero-order valence-corrected chi connectivity index (χ0v) is 14.8. The van der Waals surface area contributed by atoms with Crippen molar-refractivity contribution in [3.05, 3.63) is 65.9 Å². The van der Waals surface area contributed by atoms with Gasteiger partial charge in [-0.2, -0.15) is 0 Å². The van der Waals surface area contributed by atoms with E-state index in [4.69, 9.17) is 4.74 Å². The molecule has 0 saturated heterocycles. The van der Waals surface area contributed by atoms with Crippen LogP contribution in [0.25, 0.3) is 10.9 Å². The van der Waals surface area contributed by atoms with Gasteiger partial charge in [-0.3, -0.25) is 9.59 Å². The van der Waals surface area contributed by atoms with Crippen LogP contribution in [0.2, 0.25) is 0 Å². The number of hydrogen-bond acceptors (Lipinski definition) is 3. The number of carbonyl (C=O) groups is 2. The van der Waals surface area contributed by atoms with Crippen LogP contribution in [0.4, 0.5) is 0 Å². The van der Waals surface area contributed by atoms with Gasteiger partial charge in [-0.15, -0.1) is 0 Å². The van der Waals surface area contributed by atoms with E-state index in [1.54, 1.807) is 30.5 Å². The first-order valence-electron chi connectivity index (χ1n) is 8.54.